The Hall–Kier alpha value is -1.66. The molecular formula is C17H17BrN4S. The van der Waals surface area contributed by atoms with Crippen LogP contribution in [0.15, 0.2) is 64.2 Å². The van der Waals surface area contributed by atoms with Crippen molar-refractivity contribution in [3.8, 4) is 0 Å². The third-order valence-corrected chi connectivity index (χ3v) is 5.08. The quantitative estimate of drug-likeness (QED) is 0.603. The van der Waals surface area contributed by atoms with E-state index in [4.69, 9.17) is 0 Å². The molecule has 1 heterocycles. The smallest absolute Gasteiger partial charge is 0.153 e. The maximum atomic E-state index is 4.54. The average Bonchev–Trinajstić information content (AvgIpc) is 3.05. The lowest BCUT2D eigenvalue weighted by Gasteiger charge is -2.23. The van der Waals surface area contributed by atoms with E-state index in [1.165, 1.54) is 5.56 Å². The lowest BCUT2D eigenvalue weighted by molar-refractivity contribution is 0.334. The Balaban J connectivity index is 1.71. The highest BCUT2D eigenvalue weighted by atomic mass is 79.9. The summed E-state index contributed by atoms with van der Waals surface area (Å²) >= 11 is 5.03. The fraction of sp³-hybridized carbons (Fsp3) is 0.235. The topological polar surface area (TPSA) is 43.6 Å². The fourth-order valence-electron chi connectivity index (χ4n) is 2.19. The van der Waals surface area contributed by atoms with E-state index in [-0.39, 0.29) is 5.54 Å². The first-order chi connectivity index (χ1) is 11.1. The zero-order valence-corrected chi connectivity index (χ0v) is 15.4. The van der Waals surface area contributed by atoms with Gasteiger partial charge in [-0.15, -0.1) is 10.2 Å². The van der Waals surface area contributed by atoms with Gasteiger partial charge in [0.2, 0.25) is 5.16 Å². The van der Waals surface area contributed by atoms with Crippen LogP contribution in [0.5, 0.6) is 0 Å². The van der Waals surface area contributed by atoms with Crippen LogP contribution in [0.1, 0.15) is 25.0 Å². The van der Waals surface area contributed by atoms with Crippen LogP contribution in [-0.4, -0.2) is 20.2 Å². The van der Waals surface area contributed by atoms with Gasteiger partial charge in [-0.2, -0.15) is 4.80 Å². The number of benzene rings is 2. The molecule has 0 N–H and O–H groups in total. The number of thioether (sulfide) groups is 1. The van der Waals surface area contributed by atoms with Crippen molar-refractivity contribution in [2.45, 2.75) is 30.3 Å². The molecule has 0 aliphatic rings. The third kappa shape index (κ3) is 3.82. The van der Waals surface area contributed by atoms with E-state index >= 15 is 0 Å². The van der Waals surface area contributed by atoms with E-state index in [9.17, 15) is 0 Å². The van der Waals surface area contributed by atoms with Gasteiger partial charge in [-0.3, -0.25) is 0 Å². The Morgan fingerprint density at radius 2 is 1.74 bits per heavy atom. The van der Waals surface area contributed by atoms with Crippen LogP contribution in [0.2, 0.25) is 0 Å². The van der Waals surface area contributed by atoms with Gasteiger partial charge in [0.1, 0.15) is 5.54 Å². The minimum absolute atomic E-state index is 0.329. The Morgan fingerprint density at radius 3 is 2.43 bits per heavy atom. The number of aromatic nitrogens is 4. The van der Waals surface area contributed by atoms with E-state index in [0.717, 1.165) is 15.8 Å². The molecule has 0 bridgehead atoms. The second kappa shape index (κ2) is 6.84. The summed E-state index contributed by atoms with van der Waals surface area (Å²) in [6.45, 7) is 4.18. The molecule has 3 aromatic rings. The van der Waals surface area contributed by atoms with Gasteiger partial charge in [0, 0.05) is 10.2 Å². The second-order valence-electron chi connectivity index (χ2n) is 5.70. The van der Waals surface area contributed by atoms with Gasteiger partial charge in [-0.1, -0.05) is 70.2 Å². The molecule has 0 radical (unpaired) electrons. The zero-order valence-electron chi connectivity index (χ0n) is 13.0. The van der Waals surface area contributed by atoms with E-state index in [1.807, 2.05) is 30.3 Å². The molecule has 0 unspecified atom stereocenters. The largest absolute Gasteiger partial charge is 0.231 e. The van der Waals surface area contributed by atoms with Crippen molar-refractivity contribution >= 4 is 27.7 Å². The monoisotopic (exact) mass is 388 g/mol. The normalized spacial score (nSPS) is 11.6. The van der Waals surface area contributed by atoms with Gasteiger partial charge in [0.25, 0.3) is 0 Å². The zero-order chi connectivity index (χ0) is 16.3. The molecule has 0 saturated heterocycles. The molecule has 0 saturated carbocycles. The van der Waals surface area contributed by atoms with Gasteiger partial charge in [0.15, 0.2) is 0 Å². The molecule has 4 nitrogen and oxygen atoms in total. The summed E-state index contributed by atoms with van der Waals surface area (Å²) in [4.78, 5) is 1.69. The Bertz CT molecular complexity index is 769. The number of rotatable bonds is 5. The lowest BCUT2D eigenvalue weighted by atomic mass is 9.95. The summed E-state index contributed by atoms with van der Waals surface area (Å²) < 4.78 is 1.08. The van der Waals surface area contributed by atoms with Crippen LogP contribution in [0.3, 0.4) is 0 Å². The molecule has 0 aliphatic carbocycles. The predicted molar refractivity (Wildman–Crippen MR) is 96.4 cm³/mol. The first kappa shape index (κ1) is 16.2. The molecule has 0 aliphatic heterocycles. The van der Waals surface area contributed by atoms with Gasteiger partial charge in [-0.05, 0) is 42.3 Å². The minimum Gasteiger partial charge on any atom is -0.153 e. The molecule has 2 aromatic carbocycles. The van der Waals surface area contributed by atoms with Gasteiger partial charge >= 0.3 is 0 Å². The molecule has 118 valence electrons. The highest BCUT2D eigenvalue weighted by Crippen LogP contribution is 2.25. The first-order valence-electron chi connectivity index (χ1n) is 7.29. The average molecular weight is 389 g/mol. The van der Waals surface area contributed by atoms with Crippen molar-refractivity contribution < 1.29 is 0 Å². The standard InChI is InChI=1S/C17H17BrN4S/c1-17(2,14-6-4-3-5-7-14)22-20-16(19-21-22)23-12-13-8-10-15(18)11-9-13/h3-11H,12H2,1-2H3. The summed E-state index contributed by atoms with van der Waals surface area (Å²) in [6.07, 6.45) is 0. The summed E-state index contributed by atoms with van der Waals surface area (Å²) in [5.41, 5.74) is 2.06. The number of tetrazole rings is 1. The molecular weight excluding hydrogens is 372 g/mol. The number of hydrogen-bond acceptors (Lipinski definition) is 4. The van der Waals surface area contributed by atoms with Crippen molar-refractivity contribution in [3.63, 3.8) is 0 Å². The van der Waals surface area contributed by atoms with Gasteiger partial charge in [0.05, 0.1) is 0 Å². The molecule has 0 spiro atoms. The van der Waals surface area contributed by atoms with Crippen molar-refractivity contribution in [3.05, 3.63) is 70.2 Å². The van der Waals surface area contributed by atoms with Crippen molar-refractivity contribution in [2.24, 2.45) is 0 Å². The highest BCUT2D eigenvalue weighted by Gasteiger charge is 2.25. The summed E-state index contributed by atoms with van der Waals surface area (Å²) in [5.74, 6) is 0.824. The Kier molecular flexibility index (Phi) is 4.82. The van der Waals surface area contributed by atoms with Crippen molar-refractivity contribution in [1.29, 1.82) is 0 Å². The van der Waals surface area contributed by atoms with Crippen molar-refractivity contribution in [2.75, 3.05) is 0 Å². The fourth-order valence-corrected chi connectivity index (χ4v) is 3.17. The summed E-state index contributed by atoms with van der Waals surface area (Å²) in [5, 5.41) is 13.6. The first-order valence-corrected chi connectivity index (χ1v) is 9.07. The SMILES string of the molecule is CC(C)(c1ccccc1)n1nnc(SCc2ccc(Br)cc2)n1. The molecule has 23 heavy (non-hydrogen) atoms. The molecule has 0 amide bonds. The van der Waals surface area contributed by atoms with Crippen molar-refractivity contribution in [1.82, 2.24) is 20.2 Å². The van der Waals surface area contributed by atoms with E-state index < -0.39 is 0 Å². The van der Waals surface area contributed by atoms with Gasteiger partial charge < -0.3 is 0 Å². The maximum Gasteiger partial charge on any atom is 0.231 e. The highest BCUT2D eigenvalue weighted by molar-refractivity contribution is 9.10. The van der Waals surface area contributed by atoms with E-state index in [0.29, 0.717) is 5.16 Å². The van der Waals surface area contributed by atoms with E-state index in [1.54, 1.807) is 16.6 Å². The van der Waals surface area contributed by atoms with Crippen LogP contribution < -0.4 is 0 Å². The summed E-state index contributed by atoms with van der Waals surface area (Å²) in [7, 11) is 0. The van der Waals surface area contributed by atoms with E-state index in [2.05, 4.69) is 69.5 Å². The summed E-state index contributed by atoms with van der Waals surface area (Å²) in [6, 6.07) is 18.5. The van der Waals surface area contributed by atoms with Crippen LogP contribution >= 0.6 is 27.7 Å². The third-order valence-electron chi connectivity index (χ3n) is 3.66. The van der Waals surface area contributed by atoms with Crippen LogP contribution in [-0.2, 0) is 11.3 Å². The second-order valence-corrected chi connectivity index (χ2v) is 7.56. The lowest BCUT2D eigenvalue weighted by Crippen LogP contribution is -2.30. The van der Waals surface area contributed by atoms with Gasteiger partial charge in [-0.25, -0.2) is 0 Å². The van der Waals surface area contributed by atoms with Crippen LogP contribution in [0.4, 0.5) is 0 Å². The molecule has 6 heteroatoms. The Morgan fingerprint density at radius 1 is 1.04 bits per heavy atom. The molecule has 0 fully saturated rings. The predicted octanol–water partition coefficient (Wildman–Crippen LogP) is 4.51. The molecule has 0 atom stereocenters. The Labute approximate surface area is 148 Å². The number of hydrogen-bond donors (Lipinski definition) is 0. The minimum atomic E-state index is -0.329. The number of nitrogens with zero attached hydrogens (tertiary/aromatic N) is 4. The maximum absolute atomic E-state index is 4.54. The number of halogens is 1. The van der Waals surface area contributed by atoms with Crippen LogP contribution in [0.25, 0.3) is 0 Å². The molecule has 1 aromatic heterocycles. The molecule has 3 rings (SSSR count). The van der Waals surface area contributed by atoms with Crippen LogP contribution in [0, 0.1) is 0 Å².